The van der Waals surface area contributed by atoms with E-state index in [2.05, 4.69) is 10.4 Å². The average molecular weight is 330 g/mol. The lowest BCUT2D eigenvalue weighted by Crippen LogP contribution is -2.28. The number of aliphatic hydroxyl groups excluding tert-OH is 1. The van der Waals surface area contributed by atoms with Crippen molar-refractivity contribution in [3.63, 3.8) is 0 Å². The van der Waals surface area contributed by atoms with Gasteiger partial charge in [0.05, 0.1) is 17.7 Å². The van der Waals surface area contributed by atoms with Gasteiger partial charge in [-0.05, 0) is 43.0 Å². The van der Waals surface area contributed by atoms with Crippen LogP contribution in [0.4, 0.5) is 15.9 Å². The van der Waals surface area contributed by atoms with Gasteiger partial charge in [-0.25, -0.2) is 4.39 Å². The van der Waals surface area contributed by atoms with Gasteiger partial charge in [-0.15, -0.1) is 0 Å². The first-order valence-electron chi connectivity index (χ1n) is 8.16. The lowest BCUT2D eigenvalue weighted by molar-refractivity contribution is 0.0858. The van der Waals surface area contributed by atoms with Crippen LogP contribution in [-0.4, -0.2) is 33.4 Å². The molecule has 7 heteroatoms. The summed E-state index contributed by atoms with van der Waals surface area (Å²) in [5, 5.41) is 17.3. The number of nitrogens with two attached hydrogens (primary N) is 1. The Labute approximate surface area is 138 Å². The summed E-state index contributed by atoms with van der Waals surface area (Å²) >= 11 is 0. The summed E-state index contributed by atoms with van der Waals surface area (Å²) in [5.74, 6) is -0.750. The molecule has 2 atom stereocenters. The molecule has 0 saturated carbocycles. The number of nitrogen functional groups attached to an aromatic ring is 1. The molecule has 2 aromatic rings. The summed E-state index contributed by atoms with van der Waals surface area (Å²) in [5.41, 5.74) is 9.08. The number of hydrogen-bond donors (Lipinski definition) is 3. The predicted molar refractivity (Wildman–Crippen MR) is 87.5 cm³/mol. The Bertz CT molecular complexity index is 817. The third-order valence-electron chi connectivity index (χ3n) is 4.91. The summed E-state index contributed by atoms with van der Waals surface area (Å²) in [6.07, 6.45) is 1.77. The molecule has 2 heterocycles. The normalized spacial score (nSPS) is 22.4. The minimum atomic E-state index is -0.481. The van der Waals surface area contributed by atoms with Gasteiger partial charge in [0.15, 0.2) is 0 Å². The second-order valence-electron chi connectivity index (χ2n) is 6.46. The molecule has 0 unspecified atom stereocenters. The molecule has 0 spiro atoms. The van der Waals surface area contributed by atoms with Crippen molar-refractivity contribution < 1.29 is 14.3 Å². The first-order chi connectivity index (χ1) is 11.5. The molecule has 1 aromatic carbocycles. The zero-order valence-electron chi connectivity index (χ0n) is 13.1. The Balaban J connectivity index is 1.72. The molecule has 2 aliphatic rings. The number of aromatic nitrogens is 2. The Kier molecular flexibility index (Phi) is 3.53. The largest absolute Gasteiger partial charge is 0.393 e. The van der Waals surface area contributed by atoms with Crippen LogP contribution in [0, 0.1) is 5.82 Å². The van der Waals surface area contributed by atoms with Gasteiger partial charge in [0.2, 0.25) is 0 Å². The zero-order valence-corrected chi connectivity index (χ0v) is 13.1. The van der Waals surface area contributed by atoms with Crippen molar-refractivity contribution in [2.45, 2.75) is 37.7 Å². The van der Waals surface area contributed by atoms with Crippen molar-refractivity contribution >= 4 is 17.4 Å². The standard InChI is InChI=1S/C17H19FN4O2/c18-9-1-4-14-13(7-9)11(5-6-20-14)17(24)22-16(19)12-3-2-10(23)8-15(12)21-22/h1,4,7,10-11,20,23H,2-3,5-6,8,19H2/t10-,11+/m1/s1. The number of carbonyl (C=O) groups is 1. The maximum absolute atomic E-state index is 13.6. The van der Waals surface area contributed by atoms with Gasteiger partial charge >= 0.3 is 0 Å². The molecule has 0 radical (unpaired) electrons. The Hall–Kier alpha value is -2.41. The molecule has 126 valence electrons. The summed E-state index contributed by atoms with van der Waals surface area (Å²) in [7, 11) is 0. The van der Waals surface area contributed by atoms with Crippen molar-refractivity contribution in [1.29, 1.82) is 0 Å². The van der Waals surface area contributed by atoms with Crippen LogP contribution in [0.3, 0.4) is 0 Å². The number of nitrogens with zero attached hydrogens (tertiary/aromatic N) is 2. The summed E-state index contributed by atoms with van der Waals surface area (Å²) in [4.78, 5) is 13.0. The van der Waals surface area contributed by atoms with Crippen LogP contribution in [0.5, 0.6) is 0 Å². The van der Waals surface area contributed by atoms with E-state index in [0.29, 0.717) is 49.3 Å². The zero-order chi connectivity index (χ0) is 16.8. The van der Waals surface area contributed by atoms with E-state index in [9.17, 15) is 14.3 Å². The van der Waals surface area contributed by atoms with Crippen molar-refractivity contribution in [2.24, 2.45) is 0 Å². The molecule has 6 nitrogen and oxygen atoms in total. The van der Waals surface area contributed by atoms with Crippen LogP contribution < -0.4 is 11.1 Å². The van der Waals surface area contributed by atoms with Crippen LogP contribution >= 0.6 is 0 Å². The van der Waals surface area contributed by atoms with Crippen LogP contribution in [0.1, 0.15) is 40.4 Å². The molecular formula is C17H19FN4O2. The highest BCUT2D eigenvalue weighted by Gasteiger charge is 2.32. The quantitative estimate of drug-likeness (QED) is 0.740. The fourth-order valence-corrected chi connectivity index (χ4v) is 3.64. The Morgan fingerprint density at radius 2 is 2.25 bits per heavy atom. The van der Waals surface area contributed by atoms with Gasteiger partial charge in [0.25, 0.3) is 5.91 Å². The van der Waals surface area contributed by atoms with Gasteiger partial charge in [-0.3, -0.25) is 4.79 Å². The second kappa shape index (κ2) is 5.59. The second-order valence-corrected chi connectivity index (χ2v) is 6.46. The molecule has 4 rings (SSSR count). The molecular weight excluding hydrogens is 311 g/mol. The van der Waals surface area contributed by atoms with Gasteiger partial charge in [0, 0.05) is 24.2 Å². The highest BCUT2D eigenvalue weighted by molar-refractivity contribution is 5.90. The van der Waals surface area contributed by atoms with Crippen LogP contribution in [0.15, 0.2) is 18.2 Å². The van der Waals surface area contributed by atoms with Crippen molar-refractivity contribution in [2.75, 3.05) is 17.6 Å². The third kappa shape index (κ3) is 2.36. The first kappa shape index (κ1) is 15.1. The predicted octanol–water partition coefficient (Wildman–Crippen LogP) is 1.69. The maximum atomic E-state index is 13.6. The average Bonchev–Trinajstić information content (AvgIpc) is 2.89. The summed E-state index contributed by atoms with van der Waals surface area (Å²) in [6.45, 7) is 0.634. The highest BCUT2D eigenvalue weighted by Crippen LogP contribution is 2.35. The van der Waals surface area contributed by atoms with E-state index in [1.165, 1.54) is 16.8 Å². The van der Waals surface area contributed by atoms with E-state index in [4.69, 9.17) is 5.73 Å². The van der Waals surface area contributed by atoms with E-state index in [1.54, 1.807) is 6.07 Å². The van der Waals surface area contributed by atoms with Crippen molar-refractivity contribution in [3.05, 3.63) is 40.8 Å². The minimum absolute atomic E-state index is 0.246. The van der Waals surface area contributed by atoms with Crippen molar-refractivity contribution in [3.8, 4) is 0 Å². The SMILES string of the molecule is Nc1c2c(nn1C(=O)[C@H]1CCNc3ccc(F)cc31)C[C@H](O)CC2. The van der Waals surface area contributed by atoms with Gasteiger partial charge in [0.1, 0.15) is 11.6 Å². The lowest BCUT2D eigenvalue weighted by Gasteiger charge is -2.25. The number of halogens is 1. The van der Waals surface area contributed by atoms with E-state index >= 15 is 0 Å². The van der Waals surface area contributed by atoms with Crippen LogP contribution in [-0.2, 0) is 12.8 Å². The van der Waals surface area contributed by atoms with Crippen LogP contribution in [0.25, 0.3) is 0 Å². The molecule has 0 amide bonds. The number of aliphatic hydroxyl groups is 1. The summed E-state index contributed by atoms with van der Waals surface area (Å²) < 4.78 is 14.9. The summed E-state index contributed by atoms with van der Waals surface area (Å²) in [6, 6.07) is 4.42. The first-order valence-corrected chi connectivity index (χ1v) is 8.16. The molecule has 24 heavy (non-hydrogen) atoms. The molecule has 1 aliphatic carbocycles. The minimum Gasteiger partial charge on any atom is -0.393 e. The Morgan fingerprint density at radius 1 is 1.42 bits per heavy atom. The Morgan fingerprint density at radius 3 is 3.08 bits per heavy atom. The number of hydrogen-bond acceptors (Lipinski definition) is 5. The third-order valence-corrected chi connectivity index (χ3v) is 4.91. The number of benzene rings is 1. The van der Waals surface area contributed by atoms with E-state index in [-0.39, 0.29) is 11.7 Å². The molecule has 0 bridgehead atoms. The monoisotopic (exact) mass is 330 g/mol. The number of anilines is 2. The van der Waals surface area contributed by atoms with E-state index in [0.717, 1.165) is 11.3 Å². The lowest BCUT2D eigenvalue weighted by atomic mass is 9.90. The number of fused-ring (bicyclic) bond motifs is 2. The molecule has 0 fully saturated rings. The van der Waals surface area contributed by atoms with Crippen molar-refractivity contribution in [1.82, 2.24) is 9.78 Å². The van der Waals surface area contributed by atoms with Crippen LogP contribution in [0.2, 0.25) is 0 Å². The fourth-order valence-electron chi connectivity index (χ4n) is 3.64. The van der Waals surface area contributed by atoms with E-state index < -0.39 is 12.0 Å². The number of nitrogens with one attached hydrogen (secondary N) is 1. The number of rotatable bonds is 1. The number of carbonyl (C=O) groups excluding carboxylic acids is 1. The molecule has 4 N–H and O–H groups in total. The molecule has 1 aromatic heterocycles. The van der Waals surface area contributed by atoms with E-state index in [1.807, 2.05) is 0 Å². The van der Waals surface area contributed by atoms with Gasteiger partial charge in [-0.2, -0.15) is 9.78 Å². The fraction of sp³-hybridized carbons (Fsp3) is 0.412. The molecule has 1 aliphatic heterocycles. The van der Waals surface area contributed by atoms with Gasteiger partial charge < -0.3 is 16.2 Å². The maximum Gasteiger partial charge on any atom is 0.256 e. The van der Waals surface area contributed by atoms with Gasteiger partial charge in [-0.1, -0.05) is 0 Å². The highest BCUT2D eigenvalue weighted by atomic mass is 19.1. The topological polar surface area (TPSA) is 93.2 Å². The smallest absolute Gasteiger partial charge is 0.256 e. The molecule has 0 saturated heterocycles.